The number of fused-ring (bicyclic) bond motifs is 1. The first kappa shape index (κ1) is 19.1. The molecule has 1 fully saturated rings. The molecule has 0 spiro atoms. The Hall–Kier alpha value is -2.21. The summed E-state index contributed by atoms with van der Waals surface area (Å²) in [5.74, 6) is 1.88. The maximum atomic E-state index is 6.08. The van der Waals surface area contributed by atoms with Gasteiger partial charge in [-0.25, -0.2) is 0 Å². The van der Waals surface area contributed by atoms with Gasteiger partial charge in [0, 0.05) is 0 Å². The normalized spacial score (nSPS) is 16.4. The summed E-state index contributed by atoms with van der Waals surface area (Å²) in [7, 11) is 2.14. The van der Waals surface area contributed by atoms with Crippen molar-refractivity contribution in [3.63, 3.8) is 0 Å². The van der Waals surface area contributed by atoms with E-state index in [0.717, 1.165) is 44.4 Å². The Morgan fingerprint density at radius 3 is 2.54 bits per heavy atom. The molecule has 1 aromatic heterocycles. The van der Waals surface area contributed by atoms with E-state index in [0.29, 0.717) is 5.95 Å². The number of hydrogen-bond acceptors (Lipinski definition) is 6. The van der Waals surface area contributed by atoms with Crippen LogP contribution in [0.5, 0.6) is 0 Å². The SMILES string of the molecule is CCC([Se]c1cccc2ccccc12)c1nc(N)nc(N2CCN(C)CC2)n1. The van der Waals surface area contributed by atoms with Crippen LogP contribution < -0.4 is 15.1 Å². The zero-order valence-electron chi connectivity index (χ0n) is 16.4. The van der Waals surface area contributed by atoms with Gasteiger partial charge in [0.05, 0.1) is 0 Å². The van der Waals surface area contributed by atoms with E-state index in [1.54, 1.807) is 0 Å². The Labute approximate surface area is 172 Å². The number of nitrogens with zero attached hydrogens (tertiary/aromatic N) is 5. The van der Waals surface area contributed by atoms with Crippen LogP contribution in [0, 0.1) is 0 Å². The molecule has 2 aromatic carbocycles. The van der Waals surface area contributed by atoms with Gasteiger partial charge in [-0.3, -0.25) is 0 Å². The first-order valence-electron chi connectivity index (χ1n) is 9.73. The van der Waals surface area contributed by atoms with Crippen LogP contribution in [0.2, 0.25) is 0 Å². The molecule has 0 amide bonds. The fraction of sp³-hybridized carbons (Fsp3) is 0.381. The monoisotopic (exact) mass is 442 g/mol. The molecular weight excluding hydrogens is 415 g/mol. The molecule has 0 aliphatic carbocycles. The van der Waals surface area contributed by atoms with Gasteiger partial charge in [0.1, 0.15) is 0 Å². The van der Waals surface area contributed by atoms with Crippen LogP contribution in [0.25, 0.3) is 10.8 Å². The molecule has 1 atom stereocenters. The zero-order chi connectivity index (χ0) is 19.5. The molecule has 6 nitrogen and oxygen atoms in total. The summed E-state index contributed by atoms with van der Waals surface area (Å²) in [6.45, 7) is 6.07. The Morgan fingerprint density at radius 1 is 1.00 bits per heavy atom. The Bertz CT molecular complexity index is 949. The minimum atomic E-state index is 0.211. The zero-order valence-corrected chi connectivity index (χ0v) is 18.1. The first-order valence-corrected chi connectivity index (χ1v) is 11.6. The standard InChI is InChI=1S/C21H26N6Se/c1-3-17(28-18-10-6-8-15-7-4-5-9-16(15)18)19-23-20(22)25-21(24-19)27-13-11-26(2)12-14-27/h4-10,17H,3,11-14H2,1-2H3,(H2,22,23,24,25). The second-order valence-corrected chi connectivity index (χ2v) is 9.75. The van der Waals surface area contributed by atoms with Gasteiger partial charge in [0.15, 0.2) is 0 Å². The molecule has 28 heavy (non-hydrogen) atoms. The number of anilines is 2. The predicted octanol–water partition coefficient (Wildman–Crippen LogP) is 1.84. The van der Waals surface area contributed by atoms with Crippen molar-refractivity contribution in [2.75, 3.05) is 43.9 Å². The van der Waals surface area contributed by atoms with Crippen molar-refractivity contribution in [1.82, 2.24) is 19.9 Å². The topological polar surface area (TPSA) is 71.2 Å². The van der Waals surface area contributed by atoms with Crippen LogP contribution in [0.1, 0.15) is 24.0 Å². The first-order chi connectivity index (χ1) is 13.6. The molecule has 4 rings (SSSR count). The molecule has 0 bridgehead atoms. The summed E-state index contributed by atoms with van der Waals surface area (Å²) in [6, 6.07) is 15.1. The summed E-state index contributed by atoms with van der Waals surface area (Å²) in [5.41, 5.74) is 6.08. The van der Waals surface area contributed by atoms with Gasteiger partial charge < -0.3 is 0 Å². The average molecular weight is 441 g/mol. The van der Waals surface area contributed by atoms with Crippen molar-refractivity contribution < 1.29 is 0 Å². The van der Waals surface area contributed by atoms with Gasteiger partial charge in [-0.15, -0.1) is 0 Å². The number of benzene rings is 2. The summed E-state index contributed by atoms with van der Waals surface area (Å²) in [6.07, 6.45) is 0.981. The Kier molecular flexibility index (Phi) is 5.76. The van der Waals surface area contributed by atoms with E-state index in [9.17, 15) is 0 Å². The van der Waals surface area contributed by atoms with Gasteiger partial charge in [-0.2, -0.15) is 0 Å². The van der Waals surface area contributed by atoms with E-state index in [2.05, 4.69) is 76.2 Å². The predicted molar refractivity (Wildman–Crippen MR) is 116 cm³/mol. The van der Waals surface area contributed by atoms with Crippen molar-refractivity contribution in [3.05, 3.63) is 48.3 Å². The molecular formula is C21H26N6Se. The fourth-order valence-corrected chi connectivity index (χ4v) is 5.88. The van der Waals surface area contributed by atoms with Gasteiger partial charge in [0.25, 0.3) is 0 Å². The van der Waals surface area contributed by atoms with Crippen LogP contribution >= 0.6 is 0 Å². The molecule has 2 heterocycles. The molecule has 146 valence electrons. The molecule has 7 heteroatoms. The fourth-order valence-electron chi connectivity index (χ4n) is 3.46. The number of piperazine rings is 1. The van der Waals surface area contributed by atoms with Crippen molar-refractivity contribution >= 4 is 42.1 Å². The van der Waals surface area contributed by atoms with Crippen LogP contribution in [-0.2, 0) is 0 Å². The van der Waals surface area contributed by atoms with Crippen molar-refractivity contribution in [2.45, 2.75) is 18.2 Å². The Morgan fingerprint density at radius 2 is 1.75 bits per heavy atom. The molecule has 0 saturated carbocycles. The van der Waals surface area contributed by atoms with Gasteiger partial charge in [-0.05, 0) is 0 Å². The van der Waals surface area contributed by atoms with Gasteiger partial charge >= 0.3 is 172 Å². The van der Waals surface area contributed by atoms with E-state index in [1.807, 2.05) is 0 Å². The Balaban J connectivity index is 1.62. The third-order valence-electron chi connectivity index (χ3n) is 5.12. The van der Waals surface area contributed by atoms with Crippen molar-refractivity contribution in [2.24, 2.45) is 0 Å². The molecule has 0 radical (unpaired) electrons. The minimum absolute atomic E-state index is 0.211. The van der Waals surface area contributed by atoms with E-state index in [1.165, 1.54) is 15.2 Å². The average Bonchev–Trinajstić information content (AvgIpc) is 2.72. The van der Waals surface area contributed by atoms with E-state index >= 15 is 0 Å². The molecule has 1 aliphatic rings. The molecule has 3 aromatic rings. The van der Waals surface area contributed by atoms with Gasteiger partial charge in [-0.1, -0.05) is 0 Å². The van der Waals surface area contributed by atoms with E-state index < -0.39 is 0 Å². The van der Waals surface area contributed by atoms with Crippen LogP contribution in [0.4, 0.5) is 11.9 Å². The molecule has 1 unspecified atom stereocenters. The van der Waals surface area contributed by atoms with E-state index in [4.69, 9.17) is 10.7 Å². The van der Waals surface area contributed by atoms with Crippen molar-refractivity contribution in [1.29, 1.82) is 0 Å². The van der Waals surface area contributed by atoms with Crippen LogP contribution in [-0.4, -0.2) is 68.0 Å². The number of rotatable bonds is 5. The number of aromatic nitrogens is 3. The van der Waals surface area contributed by atoms with E-state index in [-0.39, 0.29) is 19.8 Å². The summed E-state index contributed by atoms with van der Waals surface area (Å²) >= 11 is 0.211. The third kappa shape index (κ3) is 4.12. The molecule has 1 aliphatic heterocycles. The third-order valence-corrected chi connectivity index (χ3v) is 8.14. The molecule has 1 saturated heterocycles. The number of nitrogen functional groups attached to an aromatic ring is 1. The van der Waals surface area contributed by atoms with Crippen molar-refractivity contribution in [3.8, 4) is 0 Å². The second-order valence-electron chi connectivity index (χ2n) is 7.13. The number of likely N-dealkylation sites (N-methyl/N-ethyl adjacent to an activating group) is 1. The van der Waals surface area contributed by atoms with Gasteiger partial charge in [0.2, 0.25) is 0 Å². The molecule has 2 N–H and O–H groups in total. The van der Waals surface area contributed by atoms with Crippen LogP contribution in [0.15, 0.2) is 42.5 Å². The number of nitrogens with two attached hydrogens (primary N) is 1. The summed E-state index contributed by atoms with van der Waals surface area (Å²) in [5, 5.41) is 2.61. The second kappa shape index (κ2) is 8.43. The summed E-state index contributed by atoms with van der Waals surface area (Å²) < 4.78 is 1.39. The van der Waals surface area contributed by atoms with Crippen LogP contribution in [0.3, 0.4) is 0 Å². The maximum absolute atomic E-state index is 6.08. The number of hydrogen-bond donors (Lipinski definition) is 1. The quantitative estimate of drug-likeness (QED) is 0.610. The summed E-state index contributed by atoms with van der Waals surface area (Å²) in [4.78, 5) is 18.6.